The Labute approximate surface area is 175 Å². The molecule has 0 radical (unpaired) electrons. The molecule has 29 heavy (non-hydrogen) atoms. The van der Waals surface area contributed by atoms with Gasteiger partial charge in [-0.2, -0.15) is 0 Å². The topological polar surface area (TPSA) is 50.4 Å². The van der Waals surface area contributed by atoms with E-state index in [4.69, 9.17) is 16.6 Å². The molecule has 1 aliphatic rings. The highest BCUT2D eigenvalue weighted by atomic mass is 32.1. The van der Waals surface area contributed by atoms with Crippen LogP contribution in [0.15, 0.2) is 58.5 Å². The van der Waals surface area contributed by atoms with Gasteiger partial charge in [0.2, 0.25) is 0 Å². The third-order valence-corrected chi connectivity index (χ3v) is 6.55. The minimum atomic E-state index is -0.805. The van der Waals surface area contributed by atoms with Crippen molar-refractivity contribution in [1.82, 2.24) is 0 Å². The van der Waals surface area contributed by atoms with Crippen molar-refractivity contribution in [1.29, 1.82) is 0 Å². The first-order chi connectivity index (χ1) is 14.0. The molecule has 148 valence electrons. The lowest BCUT2D eigenvalue weighted by atomic mass is 9.68. The number of fused-ring (bicyclic) bond motifs is 2. The van der Waals surface area contributed by atoms with E-state index in [0.717, 1.165) is 16.3 Å². The Balaban J connectivity index is 2.08. The van der Waals surface area contributed by atoms with E-state index in [2.05, 4.69) is 12.1 Å². The van der Waals surface area contributed by atoms with Crippen LogP contribution < -0.4 is 0 Å². The van der Waals surface area contributed by atoms with Gasteiger partial charge in [-0.15, -0.1) is 0 Å². The summed E-state index contributed by atoms with van der Waals surface area (Å²) in [5.74, 6) is 1.04. The third-order valence-electron chi connectivity index (χ3n) is 6.23. The summed E-state index contributed by atoms with van der Waals surface area (Å²) in [5.41, 5.74) is 1.07. The van der Waals surface area contributed by atoms with Gasteiger partial charge in [-0.25, -0.2) is 0 Å². The predicted octanol–water partition coefficient (Wildman–Crippen LogP) is 7.15. The second kappa shape index (κ2) is 7.27. The average Bonchev–Trinajstić information content (AvgIpc) is 2.74. The van der Waals surface area contributed by atoms with E-state index in [1.807, 2.05) is 51.1 Å². The van der Waals surface area contributed by atoms with Crippen molar-refractivity contribution < 1.29 is 14.3 Å². The van der Waals surface area contributed by atoms with Gasteiger partial charge >= 0.3 is 0 Å². The Hall–Kier alpha value is -2.72. The molecule has 3 nitrogen and oxygen atoms in total. The van der Waals surface area contributed by atoms with E-state index in [1.54, 1.807) is 6.07 Å². The van der Waals surface area contributed by atoms with Crippen LogP contribution in [0.2, 0.25) is 0 Å². The smallest absolute Gasteiger partial charge is 0.176 e. The summed E-state index contributed by atoms with van der Waals surface area (Å²) in [6, 6.07) is 15.9. The van der Waals surface area contributed by atoms with Crippen molar-refractivity contribution in [2.45, 2.75) is 45.4 Å². The van der Waals surface area contributed by atoms with Crippen molar-refractivity contribution >= 4 is 34.5 Å². The van der Waals surface area contributed by atoms with Crippen LogP contribution in [-0.2, 0) is 10.2 Å². The van der Waals surface area contributed by atoms with E-state index in [1.165, 1.54) is 0 Å². The molecule has 0 aliphatic heterocycles. The van der Waals surface area contributed by atoms with Crippen LogP contribution in [0.25, 0.3) is 27.9 Å². The van der Waals surface area contributed by atoms with Gasteiger partial charge in [0.1, 0.15) is 17.3 Å². The number of benzene rings is 2. The molecule has 1 aliphatic carbocycles. The van der Waals surface area contributed by atoms with Crippen LogP contribution in [0, 0.1) is 4.51 Å². The first kappa shape index (κ1) is 19.6. The molecule has 4 heteroatoms. The van der Waals surface area contributed by atoms with Gasteiger partial charge < -0.3 is 9.52 Å². The maximum Gasteiger partial charge on any atom is 0.176 e. The first-order valence-electron chi connectivity index (χ1n) is 10.1. The van der Waals surface area contributed by atoms with Crippen LogP contribution >= 0.6 is 12.2 Å². The fourth-order valence-electron chi connectivity index (χ4n) is 4.50. The average molecular weight is 405 g/mol. The summed E-state index contributed by atoms with van der Waals surface area (Å²) in [7, 11) is 0. The van der Waals surface area contributed by atoms with Gasteiger partial charge in [0.05, 0.1) is 15.5 Å². The second-order valence-electron chi connectivity index (χ2n) is 7.50. The lowest BCUT2D eigenvalue weighted by Crippen LogP contribution is -2.40. The summed E-state index contributed by atoms with van der Waals surface area (Å²) in [4.78, 5) is 13.4. The zero-order chi connectivity index (χ0) is 20.8. The van der Waals surface area contributed by atoms with Crippen molar-refractivity contribution in [3.63, 3.8) is 0 Å². The van der Waals surface area contributed by atoms with E-state index in [0.29, 0.717) is 46.4 Å². The number of hydrogen-bond donors (Lipinski definition) is 1. The number of aliphatic hydroxyl groups is 1. The molecular weight excluding hydrogens is 380 g/mol. The maximum absolute atomic E-state index is 13.4. The molecule has 0 saturated heterocycles. The Morgan fingerprint density at radius 3 is 2.41 bits per heavy atom. The van der Waals surface area contributed by atoms with Crippen LogP contribution in [-0.4, -0.2) is 10.9 Å². The van der Waals surface area contributed by atoms with Crippen LogP contribution in [0.4, 0.5) is 0 Å². The maximum atomic E-state index is 13.4. The molecule has 2 aromatic carbocycles. The van der Waals surface area contributed by atoms with Crippen molar-refractivity contribution in [3.8, 4) is 11.3 Å². The van der Waals surface area contributed by atoms with Crippen molar-refractivity contribution in [2.24, 2.45) is 0 Å². The quantitative estimate of drug-likeness (QED) is 0.469. The summed E-state index contributed by atoms with van der Waals surface area (Å²) in [6.45, 7) is 5.86. The molecule has 1 N–H and O–H groups in total. The number of Topliss-reactive ketones (excluding diaryl/α,β-unsaturated/α-hetero) is 1. The number of carbonyl (C=O) groups is 1. The molecule has 1 aromatic heterocycles. The Morgan fingerprint density at radius 2 is 1.72 bits per heavy atom. The second-order valence-corrected chi connectivity index (χ2v) is 7.94. The molecule has 0 amide bonds. The van der Waals surface area contributed by atoms with Gasteiger partial charge in [0, 0.05) is 17.2 Å². The van der Waals surface area contributed by atoms with Gasteiger partial charge in [0.15, 0.2) is 5.78 Å². The molecule has 3 aromatic rings. The zero-order valence-electron chi connectivity index (χ0n) is 16.9. The molecule has 0 atom stereocenters. The number of rotatable bonds is 4. The Morgan fingerprint density at radius 1 is 1.03 bits per heavy atom. The SMILES string of the molecule is CCC1=C(O)c2c(oc(-c3cccc4ccccc34)cc2=S)C(CC)(CC)C1=O. The van der Waals surface area contributed by atoms with Gasteiger partial charge in [-0.05, 0) is 30.0 Å². The first-order valence-corrected chi connectivity index (χ1v) is 10.5. The van der Waals surface area contributed by atoms with Crippen LogP contribution in [0.5, 0.6) is 0 Å². The van der Waals surface area contributed by atoms with E-state index in [9.17, 15) is 9.90 Å². The lowest BCUT2D eigenvalue weighted by molar-refractivity contribution is -0.122. The van der Waals surface area contributed by atoms with E-state index in [-0.39, 0.29) is 11.5 Å². The molecule has 0 fully saturated rings. The number of aliphatic hydroxyl groups excluding tert-OH is 1. The number of carbonyl (C=O) groups excluding carboxylic acids is 1. The molecule has 0 spiro atoms. The molecule has 0 saturated carbocycles. The minimum absolute atomic E-state index is 0.0248. The summed E-state index contributed by atoms with van der Waals surface area (Å²) < 4.78 is 6.94. The monoisotopic (exact) mass is 404 g/mol. The summed E-state index contributed by atoms with van der Waals surface area (Å²) in [6.07, 6.45) is 1.64. The summed E-state index contributed by atoms with van der Waals surface area (Å²) >= 11 is 5.70. The highest BCUT2D eigenvalue weighted by molar-refractivity contribution is 7.71. The number of ketones is 1. The fraction of sp³-hybridized carbons (Fsp3) is 0.280. The fourth-order valence-corrected chi connectivity index (χ4v) is 4.79. The number of allylic oxidation sites excluding steroid dienone is 1. The summed E-state index contributed by atoms with van der Waals surface area (Å²) in [5, 5.41) is 13.0. The molecule has 1 heterocycles. The van der Waals surface area contributed by atoms with E-state index < -0.39 is 5.41 Å². The molecule has 0 unspecified atom stereocenters. The molecular formula is C25H24O3S. The largest absolute Gasteiger partial charge is 0.507 e. The standard InChI is InChI=1S/C25H24O3S/c1-4-16-22(26)21-20(29)14-19(28-24(21)25(5-2,6-3)23(16)27)18-13-9-11-15-10-7-8-12-17(15)18/h7-14,26H,4-6H2,1-3H3. The molecule has 0 bridgehead atoms. The predicted molar refractivity (Wildman–Crippen MR) is 120 cm³/mol. The minimum Gasteiger partial charge on any atom is -0.507 e. The third kappa shape index (κ3) is 2.77. The zero-order valence-corrected chi connectivity index (χ0v) is 17.7. The Kier molecular flexibility index (Phi) is 4.91. The van der Waals surface area contributed by atoms with Crippen molar-refractivity contribution in [3.05, 3.63) is 69.9 Å². The lowest BCUT2D eigenvalue weighted by Gasteiger charge is -2.35. The van der Waals surface area contributed by atoms with Crippen LogP contribution in [0.1, 0.15) is 51.4 Å². The van der Waals surface area contributed by atoms with Gasteiger partial charge in [-0.1, -0.05) is 75.5 Å². The van der Waals surface area contributed by atoms with E-state index >= 15 is 0 Å². The Bertz CT molecular complexity index is 1210. The van der Waals surface area contributed by atoms with Gasteiger partial charge in [-0.3, -0.25) is 4.79 Å². The number of hydrogen-bond acceptors (Lipinski definition) is 4. The highest BCUT2D eigenvalue weighted by Crippen LogP contribution is 2.46. The highest BCUT2D eigenvalue weighted by Gasteiger charge is 2.47. The normalized spacial score (nSPS) is 15.6. The molecule has 4 rings (SSSR count). The van der Waals surface area contributed by atoms with Crippen molar-refractivity contribution in [2.75, 3.05) is 0 Å². The van der Waals surface area contributed by atoms with Crippen LogP contribution in [0.3, 0.4) is 0 Å². The van der Waals surface area contributed by atoms with Gasteiger partial charge in [0.25, 0.3) is 0 Å².